The van der Waals surface area contributed by atoms with Gasteiger partial charge in [0.25, 0.3) is 0 Å². The van der Waals surface area contributed by atoms with Crippen LogP contribution in [0.3, 0.4) is 0 Å². The van der Waals surface area contributed by atoms with Crippen molar-refractivity contribution in [1.82, 2.24) is 4.98 Å². The Morgan fingerprint density at radius 3 is 2.30 bits per heavy atom. The Kier molecular flexibility index (Phi) is 9.14. The summed E-state index contributed by atoms with van der Waals surface area (Å²) in [5.74, 6) is -2.05. The van der Waals surface area contributed by atoms with Crippen molar-refractivity contribution < 1.29 is 23.9 Å². The summed E-state index contributed by atoms with van der Waals surface area (Å²) >= 11 is 19.0. The molecule has 0 spiro atoms. The molecule has 2 amide bonds. The van der Waals surface area contributed by atoms with E-state index in [0.717, 1.165) is 16.7 Å². The molecule has 1 aliphatic heterocycles. The molecule has 1 fully saturated rings. The number of esters is 1. The molecule has 0 N–H and O–H groups in total. The third-order valence-electron chi connectivity index (χ3n) is 6.42. The SMILES string of the molecule is N#Cc1ccc(-c2ccc(Cl)c(Cl)c2)nc1SC1CC(=O)N(c2ccc(C(=O)OCC(=O)c3ccc(Cl)cc3)cc2)C1=O. The lowest BCUT2D eigenvalue weighted by molar-refractivity contribution is -0.121. The zero-order valence-corrected chi connectivity index (χ0v) is 25.0. The molecule has 1 saturated heterocycles. The summed E-state index contributed by atoms with van der Waals surface area (Å²) < 4.78 is 5.12. The Labute approximate surface area is 265 Å². The van der Waals surface area contributed by atoms with Gasteiger partial charge in [0.05, 0.1) is 37.8 Å². The number of hydrogen-bond acceptors (Lipinski definition) is 8. The van der Waals surface area contributed by atoms with Gasteiger partial charge in [0.15, 0.2) is 12.4 Å². The number of hydrogen-bond donors (Lipinski definition) is 0. The van der Waals surface area contributed by atoms with Gasteiger partial charge in [-0.05, 0) is 72.8 Å². The predicted octanol–water partition coefficient (Wildman–Crippen LogP) is 7.04. The molecule has 4 aromatic rings. The number of carbonyl (C=O) groups excluding carboxylic acids is 4. The van der Waals surface area contributed by atoms with Crippen LogP contribution in [0.4, 0.5) is 5.69 Å². The van der Waals surface area contributed by atoms with Gasteiger partial charge in [-0.1, -0.05) is 52.6 Å². The standard InChI is InChI=1S/C31H18Cl3N3O5S/c32-21-7-1-17(2-8-21)26(38)16-42-31(41)18-3-9-22(10-4-18)37-28(39)14-27(30(37)40)43-29-20(15-35)6-12-25(36-29)19-5-11-23(33)24(34)13-19/h1-13,27H,14,16H2. The molecule has 1 atom stereocenters. The van der Waals surface area contributed by atoms with Crippen molar-refractivity contribution in [3.05, 3.63) is 111 Å². The van der Waals surface area contributed by atoms with Crippen LogP contribution >= 0.6 is 46.6 Å². The third kappa shape index (κ3) is 6.74. The summed E-state index contributed by atoms with van der Waals surface area (Å²) in [6.07, 6.45) is -0.107. The highest BCUT2D eigenvalue weighted by Gasteiger charge is 2.41. The summed E-state index contributed by atoms with van der Waals surface area (Å²) in [5, 5.41) is 10.3. The number of halogens is 3. The zero-order chi connectivity index (χ0) is 30.7. The van der Waals surface area contributed by atoms with E-state index in [1.54, 1.807) is 42.5 Å². The monoisotopic (exact) mass is 649 g/mol. The normalized spacial score (nSPS) is 14.5. The number of pyridine rings is 1. The molecule has 214 valence electrons. The molecule has 1 aliphatic rings. The molecule has 0 bridgehead atoms. The molecule has 0 radical (unpaired) electrons. The van der Waals surface area contributed by atoms with Crippen LogP contribution in [0.5, 0.6) is 0 Å². The van der Waals surface area contributed by atoms with Crippen LogP contribution in [0, 0.1) is 11.3 Å². The van der Waals surface area contributed by atoms with E-state index in [0.29, 0.717) is 36.9 Å². The minimum Gasteiger partial charge on any atom is -0.454 e. The Morgan fingerprint density at radius 1 is 0.930 bits per heavy atom. The molecule has 5 rings (SSSR count). The van der Waals surface area contributed by atoms with Crippen molar-refractivity contribution in [2.24, 2.45) is 0 Å². The van der Waals surface area contributed by atoms with Gasteiger partial charge in [-0.2, -0.15) is 5.26 Å². The van der Waals surface area contributed by atoms with Gasteiger partial charge >= 0.3 is 5.97 Å². The second kappa shape index (κ2) is 13.0. The van der Waals surface area contributed by atoms with E-state index < -0.39 is 35.4 Å². The third-order valence-corrected chi connectivity index (χ3v) is 8.60. The summed E-state index contributed by atoms with van der Waals surface area (Å²) in [5.41, 5.74) is 2.20. The number of Topliss-reactive ketones (excluding diaryl/α,β-unsaturated/α-hetero) is 1. The number of nitrogens with zero attached hydrogens (tertiary/aromatic N) is 3. The van der Waals surface area contributed by atoms with Gasteiger partial charge < -0.3 is 4.74 Å². The first-order valence-electron chi connectivity index (χ1n) is 12.6. The minimum absolute atomic E-state index is 0.107. The summed E-state index contributed by atoms with van der Waals surface area (Å²) in [4.78, 5) is 56.6. The Hall–Kier alpha value is -4.20. The molecule has 8 nitrogen and oxygen atoms in total. The fourth-order valence-corrected chi connectivity index (χ4v) is 5.73. The van der Waals surface area contributed by atoms with Crippen molar-refractivity contribution in [2.75, 3.05) is 11.5 Å². The predicted molar refractivity (Wildman–Crippen MR) is 164 cm³/mol. The van der Waals surface area contributed by atoms with E-state index in [2.05, 4.69) is 11.1 Å². The number of aromatic nitrogens is 1. The number of benzene rings is 3. The number of amides is 2. The fraction of sp³-hybridized carbons (Fsp3) is 0.0968. The van der Waals surface area contributed by atoms with Crippen LogP contribution in [-0.4, -0.2) is 40.4 Å². The Morgan fingerprint density at radius 2 is 1.63 bits per heavy atom. The average Bonchev–Trinajstić information content (AvgIpc) is 3.29. The smallest absolute Gasteiger partial charge is 0.338 e. The van der Waals surface area contributed by atoms with Crippen molar-refractivity contribution in [2.45, 2.75) is 16.7 Å². The van der Waals surface area contributed by atoms with E-state index in [4.69, 9.17) is 39.5 Å². The molecule has 1 unspecified atom stereocenters. The number of ketones is 1. The highest BCUT2D eigenvalue weighted by Crippen LogP contribution is 2.36. The van der Waals surface area contributed by atoms with Crippen molar-refractivity contribution in [3.8, 4) is 17.3 Å². The first-order chi connectivity index (χ1) is 20.6. The molecule has 3 aromatic carbocycles. The number of carbonyl (C=O) groups is 4. The van der Waals surface area contributed by atoms with Gasteiger partial charge in [-0.15, -0.1) is 0 Å². The quantitative estimate of drug-likeness (QED) is 0.113. The van der Waals surface area contributed by atoms with E-state index in [9.17, 15) is 24.4 Å². The Balaban J connectivity index is 1.26. The van der Waals surface area contributed by atoms with Gasteiger partial charge in [0.2, 0.25) is 11.8 Å². The molecule has 1 aromatic heterocycles. The number of ether oxygens (including phenoxy) is 1. The van der Waals surface area contributed by atoms with E-state index in [1.807, 2.05) is 0 Å². The van der Waals surface area contributed by atoms with Crippen LogP contribution in [-0.2, 0) is 14.3 Å². The van der Waals surface area contributed by atoms with Crippen LogP contribution in [0.2, 0.25) is 15.1 Å². The van der Waals surface area contributed by atoms with E-state index in [1.165, 1.54) is 36.4 Å². The molecular formula is C31H18Cl3N3O5S. The molecule has 0 saturated carbocycles. The maximum absolute atomic E-state index is 13.3. The molecule has 12 heteroatoms. The fourth-order valence-electron chi connectivity index (χ4n) is 4.21. The number of imide groups is 1. The first-order valence-corrected chi connectivity index (χ1v) is 14.6. The number of rotatable bonds is 8. The number of anilines is 1. The van der Waals surface area contributed by atoms with Crippen LogP contribution < -0.4 is 4.90 Å². The van der Waals surface area contributed by atoms with Crippen LogP contribution in [0.25, 0.3) is 11.3 Å². The van der Waals surface area contributed by atoms with Gasteiger partial charge in [0, 0.05) is 22.6 Å². The zero-order valence-electron chi connectivity index (χ0n) is 21.9. The average molecular weight is 651 g/mol. The number of thioether (sulfide) groups is 1. The van der Waals surface area contributed by atoms with E-state index >= 15 is 0 Å². The summed E-state index contributed by atoms with van der Waals surface area (Å²) in [6.45, 7) is -0.463. The van der Waals surface area contributed by atoms with Gasteiger partial charge in [-0.3, -0.25) is 14.4 Å². The highest BCUT2D eigenvalue weighted by atomic mass is 35.5. The molecule has 0 aliphatic carbocycles. The van der Waals surface area contributed by atoms with Gasteiger partial charge in [0.1, 0.15) is 11.1 Å². The summed E-state index contributed by atoms with van der Waals surface area (Å²) in [7, 11) is 0. The van der Waals surface area contributed by atoms with Crippen LogP contribution in [0.1, 0.15) is 32.7 Å². The summed E-state index contributed by atoms with van der Waals surface area (Å²) in [6, 6.07) is 22.2. The maximum atomic E-state index is 13.3. The minimum atomic E-state index is -0.820. The maximum Gasteiger partial charge on any atom is 0.338 e. The first kappa shape index (κ1) is 30.3. The lowest BCUT2D eigenvalue weighted by Crippen LogP contribution is -2.31. The second-order valence-corrected chi connectivity index (χ2v) is 11.7. The number of nitriles is 1. The molecule has 43 heavy (non-hydrogen) atoms. The Bertz CT molecular complexity index is 1810. The second-order valence-electron chi connectivity index (χ2n) is 9.22. The lowest BCUT2D eigenvalue weighted by Gasteiger charge is -2.15. The topological polar surface area (TPSA) is 117 Å². The molecule has 2 heterocycles. The van der Waals surface area contributed by atoms with E-state index in [-0.39, 0.29) is 23.2 Å². The molecular weight excluding hydrogens is 633 g/mol. The van der Waals surface area contributed by atoms with Crippen LogP contribution in [0.15, 0.2) is 83.9 Å². The van der Waals surface area contributed by atoms with Gasteiger partial charge in [-0.25, -0.2) is 14.7 Å². The van der Waals surface area contributed by atoms with Crippen molar-refractivity contribution >= 4 is 75.8 Å². The van der Waals surface area contributed by atoms with Crippen molar-refractivity contribution in [1.29, 1.82) is 5.26 Å². The lowest BCUT2D eigenvalue weighted by atomic mass is 10.1. The van der Waals surface area contributed by atoms with Crippen molar-refractivity contribution in [3.63, 3.8) is 0 Å². The highest BCUT2D eigenvalue weighted by molar-refractivity contribution is 8.00. The largest absolute Gasteiger partial charge is 0.454 e.